The second kappa shape index (κ2) is 8.93. The van der Waals surface area contributed by atoms with Gasteiger partial charge in [-0.2, -0.15) is 0 Å². The van der Waals surface area contributed by atoms with Crippen LogP contribution in [0.1, 0.15) is 58.8 Å². The van der Waals surface area contributed by atoms with Gasteiger partial charge in [-0.3, -0.25) is 0 Å². The van der Waals surface area contributed by atoms with Crippen molar-refractivity contribution in [3.8, 4) is 0 Å². The molecule has 1 aliphatic heterocycles. The van der Waals surface area contributed by atoms with Crippen LogP contribution in [0.2, 0.25) is 0 Å². The van der Waals surface area contributed by atoms with E-state index in [2.05, 4.69) is 18.7 Å². The predicted octanol–water partition coefficient (Wildman–Crippen LogP) is 3.26. The van der Waals surface area contributed by atoms with Crippen LogP contribution in [0, 0.1) is 11.8 Å². The van der Waals surface area contributed by atoms with Gasteiger partial charge >= 0.3 is 0 Å². The number of hydrogen-bond donors (Lipinski definition) is 1. The number of nitrogens with zero attached hydrogens (tertiary/aromatic N) is 1. The SMILES string of the molecule is CCCCCCCCN1CCC(CN)C(C)C1. The summed E-state index contributed by atoms with van der Waals surface area (Å²) in [5.41, 5.74) is 5.79. The van der Waals surface area contributed by atoms with Crippen molar-refractivity contribution in [1.29, 1.82) is 0 Å². The van der Waals surface area contributed by atoms with E-state index in [4.69, 9.17) is 5.73 Å². The summed E-state index contributed by atoms with van der Waals surface area (Å²) in [6.45, 7) is 9.39. The van der Waals surface area contributed by atoms with Crippen molar-refractivity contribution in [2.24, 2.45) is 17.6 Å². The van der Waals surface area contributed by atoms with E-state index in [-0.39, 0.29) is 0 Å². The standard InChI is InChI=1S/C15H32N2/c1-3-4-5-6-7-8-10-17-11-9-15(12-16)14(2)13-17/h14-15H,3-13,16H2,1-2H3. The maximum Gasteiger partial charge on any atom is 0.00101 e. The maximum atomic E-state index is 5.79. The van der Waals surface area contributed by atoms with Gasteiger partial charge < -0.3 is 10.6 Å². The van der Waals surface area contributed by atoms with Crippen LogP contribution >= 0.6 is 0 Å². The zero-order valence-electron chi connectivity index (χ0n) is 12.0. The van der Waals surface area contributed by atoms with Crippen LogP contribution in [-0.2, 0) is 0 Å². The van der Waals surface area contributed by atoms with Crippen molar-refractivity contribution >= 4 is 0 Å². The minimum absolute atomic E-state index is 0.774. The smallest absolute Gasteiger partial charge is 0.00101 e. The number of unbranched alkanes of at least 4 members (excludes halogenated alkanes) is 5. The molecule has 2 N–H and O–H groups in total. The Kier molecular flexibility index (Phi) is 7.87. The Labute approximate surface area is 108 Å². The average molecular weight is 240 g/mol. The summed E-state index contributed by atoms with van der Waals surface area (Å²) in [5, 5.41) is 0. The summed E-state index contributed by atoms with van der Waals surface area (Å²) in [6.07, 6.45) is 9.76. The molecule has 1 rings (SSSR count). The molecule has 2 atom stereocenters. The minimum Gasteiger partial charge on any atom is -0.330 e. The van der Waals surface area contributed by atoms with Crippen molar-refractivity contribution in [3.05, 3.63) is 0 Å². The fourth-order valence-corrected chi connectivity index (χ4v) is 2.95. The lowest BCUT2D eigenvalue weighted by atomic mass is 9.87. The van der Waals surface area contributed by atoms with E-state index < -0.39 is 0 Å². The first-order chi connectivity index (χ1) is 8.27. The molecule has 0 aliphatic carbocycles. The van der Waals surface area contributed by atoms with Crippen LogP contribution in [0.25, 0.3) is 0 Å². The normalized spacial score (nSPS) is 26.3. The van der Waals surface area contributed by atoms with Gasteiger partial charge in [0.1, 0.15) is 0 Å². The van der Waals surface area contributed by atoms with E-state index in [9.17, 15) is 0 Å². The molecular formula is C15H32N2. The van der Waals surface area contributed by atoms with Crippen molar-refractivity contribution in [2.75, 3.05) is 26.2 Å². The fraction of sp³-hybridized carbons (Fsp3) is 1.00. The molecule has 2 nitrogen and oxygen atoms in total. The molecule has 0 aromatic carbocycles. The van der Waals surface area contributed by atoms with E-state index >= 15 is 0 Å². The van der Waals surface area contributed by atoms with Crippen LogP contribution in [0.15, 0.2) is 0 Å². The second-order valence-electron chi connectivity index (χ2n) is 5.83. The largest absolute Gasteiger partial charge is 0.330 e. The molecule has 0 saturated carbocycles. The molecule has 102 valence electrons. The summed E-state index contributed by atoms with van der Waals surface area (Å²) >= 11 is 0. The highest BCUT2D eigenvalue weighted by Gasteiger charge is 2.24. The summed E-state index contributed by atoms with van der Waals surface area (Å²) in [7, 11) is 0. The summed E-state index contributed by atoms with van der Waals surface area (Å²) in [6, 6.07) is 0. The Morgan fingerprint density at radius 2 is 1.82 bits per heavy atom. The third-order valence-corrected chi connectivity index (χ3v) is 4.30. The Balaban J connectivity index is 2.01. The monoisotopic (exact) mass is 240 g/mol. The van der Waals surface area contributed by atoms with Crippen LogP contribution < -0.4 is 5.73 Å². The van der Waals surface area contributed by atoms with Crippen molar-refractivity contribution in [3.63, 3.8) is 0 Å². The van der Waals surface area contributed by atoms with Crippen molar-refractivity contribution in [1.82, 2.24) is 4.90 Å². The van der Waals surface area contributed by atoms with Crippen LogP contribution in [0.4, 0.5) is 0 Å². The number of nitrogens with two attached hydrogens (primary N) is 1. The van der Waals surface area contributed by atoms with Crippen LogP contribution in [-0.4, -0.2) is 31.1 Å². The summed E-state index contributed by atoms with van der Waals surface area (Å²) in [5.74, 6) is 1.57. The molecule has 1 fully saturated rings. The number of hydrogen-bond acceptors (Lipinski definition) is 2. The highest BCUT2D eigenvalue weighted by molar-refractivity contribution is 4.78. The van der Waals surface area contributed by atoms with Gasteiger partial charge in [-0.25, -0.2) is 0 Å². The lowest BCUT2D eigenvalue weighted by molar-refractivity contribution is 0.131. The van der Waals surface area contributed by atoms with Gasteiger partial charge in [0.05, 0.1) is 0 Å². The molecule has 0 aromatic rings. The number of likely N-dealkylation sites (tertiary alicyclic amines) is 1. The molecule has 2 unspecified atom stereocenters. The average Bonchev–Trinajstić information content (AvgIpc) is 2.34. The summed E-state index contributed by atoms with van der Waals surface area (Å²) < 4.78 is 0. The van der Waals surface area contributed by atoms with Crippen molar-refractivity contribution in [2.45, 2.75) is 58.8 Å². The zero-order chi connectivity index (χ0) is 12.5. The lowest BCUT2D eigenvalue weighted by Gasteiger charge is -2.36. The Morgan fingerprint density at radius 1 is 1.12 bits per heavy atom. The molecule has 2 heteroatoms. The minimum atomic E-state index is 0.774. The molecule has 0 bridgehead atoms. The Bertz CT molecular complexity index is 182. The molecule has 0 radical (unpaired) electrons. The highest BCUT2D eigenvalue weighted by Crippen LogP contribution is 2.22. The zero-order valence-corrected chi connectivity index (χ0v) is 12.0. The lowest BCUT2D eigenvalue weighted by Crippen LogP contribution is -2.42. The van der Waals surface area contributed by atoms with Gasteiger partial charge in [-0.1, -0.05) is 46.0 Å². The third kappa shape index (κ3) is 5.87. The molecule has 1 saturated heterocycles. The van der Waals surface area contributed by atoms with Gasteiger partial charge in [-0.15, -0.1) is 0 Å². The van der Waals surface area contributed by atoms with Gasteiger partial charge in [-0.05, 0) is 44.3 Å². The quantitative estimate of drug-likeness (QED) is 0.660. The van der Waals surface area contributed by atoms with Gasteiger partial charge in [0, 0.05) is 6.54 Å². The fourth-order valence-electron chi connectivity index (χ4n) is 2.95. The van der Waals surface area contributed by atoms with E-state index in [0.717, 1.165) is 18.4 Å². The Morgan fingerprint density at radius 3 is 2.47 bits per heavy atom. The number of rotatable bonds is 8. The maximum absolute atomic E-state index is 5.79. The van der Waals surface area contributed by atoms with Gasteiger partial charge in [0.2, 0.25) is 0 Å². The Hall–Kier alpha value is -0.0800. The first-order valence-electron chi connectivity index (χ1n) is 7.70. The highest BCUT2D eigenvalue weighted by atomic mass is 15.1. The molecule has 0 amide bonds. The molecule has 17 heavy (non-hydrogen) atoms. The summed E-state index contributed by atoms with van der Waals surface area (Å²) in [4.78, 5) is 2.65. The van der Waals surface area contributed by atoms with Crippen LogP contribution in [0.3, 0.4) is 0 Å². The predicted molar refractivity (Wildman–Crippen MR) is 76.1 cm³/mol. The topological polar surface area (TPSA) is 29.3 Å². The van der Waals surface area contributed by atoms with E-state index in [1.54, 1.807) is 0 Å². The van der Waals surface area contributed by atoms with E-state index in [1.165, 1.54) is 64.6 Å². The van der Waals surface area contributed by atoms with Crippen molar-refractivity contribution < 1.29 is 0 Å². The van der Waals surface area contributed by atoms with Gasteiger partial charge in [0.15, 0.2) is 0 Å². The second-order valence-corrected chi connectivity index (χ2v) is 5.83. The molecule has 0 spiro atoms. The molecule has 0 aromatic heterocycles. The first-order valence-corrected chi connectivity index (χ1v) is 7.70. The van der Waals surface area contributed by atoms with E-state index in [1.807, 2.05) is 0 Å². The number of piperidine rings is 1. The molecule has 1 aliphatic rings. The molecule has 1 heterocycles. The van der Waals surface area contributed by atoms with E-state index in [0.29, 0.717) is 0 Å². The van der Waals surface area contributed by atoms with Gasteiger partial charge in [0.25, 0.3) is 0 Å². The van der Waals surface area contributed by atoms with Crippen LogP contribution in [0.5, 0.6) is 0 Å². The third-order valence-electron chi connectivity index (χ3n) is 4.30. The molecular weight excluding hydrogens is 208 g/mol. The first kappa shape index (κ1) is 15.0.